The van der Waals surface area contributed by atoms with Gasteiger partial charge in [-0.1, -0.05) is 12.1 Å². The van der Waals surface area contributed by atoms with Gasteiger partial charge in [0.2, 0.25) is 0 Å². The van der Waals surface area contributed by atoms with Crippen molar-refractivity contribution >= 4 is 17.5 Å². The minimum atomic E-state index is -0.835. The number of anilines is 1. The van der Waals surface area contributed by atoms with Crippen LogP contribution in [0.15, 0.2) is 36.4 Å². The quantitative estimate of drug-likeness (QED) is 0.544. The van der Waals surface area contributed by atoms with E-state index < -0.39 is 10.6 Å². The molecule has 0 aromatic heterocycles. The molecule has 2 aromatic rings. The summed E-state index contributed by atoms with van der Waals surface area (Å²) in [7, 11) is 3.05. The van der Waals surface area contributed by atoms with Crippen LogP contribution in [0.2, 0.25) is 0 Å². The molecule has 0 saturated carbocycles. The van der Waals surface area contributed by atoms with Gasteiger partial charge in [-0.25, -0.2) is 4.79 Å². The summed E-state index contributed by atoms with van der Waals surface area (Å²) < 4.78 is 4.53. The van der Waals surface area contributed by atoms with E-state index in [1.165, 1.54) is 14.2 Å². The minimum Gasteiger partial charge on any atom is -0.625 e. The number of amides is 2. The molecular formula is C26H33N3O4. The number of carbonyl (C=O) groups excluding carboxylic acids is 2. The van der Waals surface area contributed by atoms with E-state index in [1.54, 1.807) is 6.07 Å². The van der Waals surface area contributed by atoms with Gasteiger partial charge in [-0.2, -0.15) is 0 Å². The topological polar surface area (TPSA) is 90.5 Å². The van der Waals surface area contributed by atoms with E-state index in [1.807, 2.05) is 44.2 Å². The van der Waals surface area contributed by atoms with Gasteiger partial charge in [0, 0.05) is 30.6 Å². The maximum atomic E-state index is 13.5. The van der Waals surface area contributed by atoms with Crippen LogP contribution in [-0.4, -0.2) is 49.2 Å². The van der Waals surface area contributed by atoms with Crippen LogP contribution in [0.4, 0.5) is 5.69 Å². The Balaban J connectivity index is 1.61. The molecule has 2 saturated heterocycles. The zero-order valence-electron chi connectivity index (χ0n) is 20.0. The van der Waals surface area contributed by atoms with Crippen LogP contribution < -0.4 is 15.4 Å². The standard InChI is InChI=1S/C26H33N3O4/c1-15-6-9-20(24(10-15)33-5)25(30)28-19-8-7-16(2)21(13-19)22-12-18-14-27-17(3)11-23(18)29(4,32)26(22)31/h6-10,13,17-18,22-23,27H,11-12,14H2,1-5H3,(H,28,30). The number of hydrogen-bond acceptors (Lipinski definition) is 5. The molecule has 33 heavy (non-hydrogen) atoms. The van der Waals surface area contributed by atoms with Crippen molar-refractivity contribution in [2.24, 2.45) is 5.92 Å². The third-order valence-corrected chi connectivity index (χ3v) is 7.29. The number of rotatable bonds is 4. The molecule has 2 N–H and O–H groups in total. The molecule has 2 aliphatic heterocycles. The molecule has 0 aliphatic carbocycles. The van der Waals surface area contributed by atoms with Crippen molar-refractivity contribution in [2.75, 3.05) is 26.0 Å². The molecule has 2 aromatic carbocycles. The largest absolute Gasteiger partial charge is 0.625 e. The van der Waals surface area contributed by atoms with Crippen LogP contribution >= 0.6 is 0 Å². The zero-order chi connectivity index (χ0) is 23.9. The maximum Gasteiger partial charge on any atom is 0.321 e. The molecule has 176 valence electrons. The van der Waals surface area contributed by atoms with Gasteiger partial charge < -0.3 is 20.6 Å². The Labute approximate surface area is 195 Å². The molecule has 2 heterocycles. The molecule has 5 atom stereocenters. The predicted molar refractivity (Wildman–Crippen MR) is 128 cm³/mol. The summed E-state index contributed by atoms with van der Waals surface area (Å²) in [4.78, 5) is 26.3. The number of fused-ring (bicyclic) bond motifs is 1. The van der Waals surface area contributed by atoms with Gasteiger partial charge >= 0.3 is 5.91 Å². The van der Waals surface area contributed by atoms with E-state index >= 15 is 0 Å². The number of benzene rings is 2. The molecule has 5 unspecified atom stereocenters. The summed E-state index contributed by atoms with van der Waals surface area (Å²) in [5, 5.41) is 19.9. The molecule has 7 heteroatoms. The first kappa shape index (κ1) is 23.4. The lowest BCUT2D eigenvalue weighted by atomic mass is 9.74. The fourth-order valence-corrected chi connectivity index (χ4v) is 5.39. The third kappa shape index (κ3) is 4.40. The van der Waals surface area contributed by atoms with Gasteiger partial charge in [-0.3, -0.25) is 9.44 Å². The van der Waals surface area contributed by atoms with Crippen LogP contribution in [-0.2, 0) is 4.79 Å². The van der Waals surface area contributed by atoms with Crippen molar-refractivity contribution in [1.82, 2.24) is 5.32 Å². The van der Waals surface area contributed by atoms with E-state index in [-0.39, 0.29) is 29.8 Å². The van der Waals surface area contributed by atoms with Gasteiger partial charge in [0.05, 0.1) is 19.7 Å². The fraction of sp³-hybridized carbons (Fsp3) is 0.462. The van der Waals surface area contributed by atoms with Gasteiger partial charge in [0.1, 0.15) is 17.7 Å². The molecule has 2 aliphatic rings. The monoisotopic (exact) mass is 451 g/mol. The number of hydrogen-bond donors (Lipinski definition) is 2. The number of likely N-dealkylation sites (tertiary alicyclic amines) is 1. The van der Waals surface area contributed by atoms with E-state index in [2.05, 4.69) is 17.6 Å². The average molecular weight is 452 g/mol. The van der Waals surface area contributed by atoms with Crippen molar-refractivity contribution in [3.05, 3.63) is 63.9 Å². The highest BCUT2D eigenvalue weighted by Crippen LogP contribution is 2.42. The number of ether oxygens (including phenoxy) is 1. The highest BCUT2D eigenvalue weighted by Gasteiger charge is 2.50. The summed E-state index contributed by atoms with van der Waals surface area (Å²) in [6, 6.07) is 11.0. The highest BCUT2D eigenvalue weighted by molar-refractivity contribution is 6.06. The van der Waals surface area contributed by atoms with E-state index in [9.17, 15) is 14.8 Å². The highest BCUT2D eigenvalue weighted by atomic mass is 16.6. The first-order valence-electron chi connectivity index (χ1n) is 11.5. The second-order valence-corrected chi connectivity index (χ2v) is 9.72. The third-order valence-electron chi connectivity index (χ3n) is 7.29. The van der Waals surface area contributed by atoms with Crippen LogP contribution in [0.25, 0.3) is 0 Å². The lowest BCUT2D eigenvalue weighted by Gasteiger charge is -2.54. The van der Waals surface area contributed by atoms with Crippen LogP contribution in [0.3, 0.4) is 0 Å². The molecule has 2 fully saturated rings. The summed E-state index contributed by atoms with van der Waals surface area (Å²) in [6.07, 6.45) is 1.35. The Morgan fingerprint density at radius 2 is 1.94 bits per heavy atom. The predicted octanol–water partition coefficient (Wildman–Crippen LogP) is 3.89. The van der Waals surface area contributed by atoms with Crippen molar-refractivity contribution in [3.63, 3.8) is 0 Å². The van der Waals surface area contributed by atoms with Gasteiger partial charge in [-0.15, -0.1) is 0 Å². The second kappa shape index (κ2) is 8.89. The Hall–Kier alpha value is -2.74. The number of nitrogens with one attached hydrogen (secondary N) is 2. The summed E-state index contributed by atoms with van der Waals surface area (Å²) >= 11 is 0. The summed E-state index contributed by atoms with van der Waals surface area (Å²) in [5.41, 5.74) is 3.78. The summed E-state index contributed by atoms with van der Waals surface area (Å²) in [5.74, 6) is -0.425. The number of likely N-dealkylation sites (N-methyl/N-ethyl adjacent to an activating group) is 1. The first-order chi connectivity index (χ1) is 15.6. The molecule has 4 rings (SSSR count). The molecule has 0 radical (unpaired) electrons. The van der Waals surface area contributed by atoms with Gasteiger partial charge in [0.15, 0.2) is 0 Å². The number of piperidine rings is 2. The number of carbonyl (C=O) groups is 2. The fourth-order valence-electron chi connectivity index (χ4n) is 5.39. The van der Waals surface area contributed by atoms with Gasteiger partial charge in [0.25, 0.3) is 5.91 Å². The normalized spacial score (nSPS) is 29.3. The smallest absolute Gasteiger partial charge is 0.321 e. The first-order valence-corrected chi connectivity index (χ1v) is 11.5. The number of aryl methyl sites for hydroxylation is 2. The van der Waals surface area contributed by atoms with Crippen molar-refractivity contribution in [2.45, 2.75) is 51.6 Å². The zero-order valence-corrected chi connectivity index (χ0v) is 20.0. The van der Waals surface area contributed by atoms with Crippen molar-refractivity contribution in [3.8, 4) is 5.75 Å². The molecular weight excluding hydrogens is 418 g/mol. The molecule has 0 bridgehead atoms. The Kier molecular flexibility index (Phi) is 6.31. The van der Waals surface area contributed by atoms with E-state index in [0.29, 0.717) is 29.8 Å². The number of methoxy groups -OCH3 is 1. The Morgan fingerprint density at radius 3 is 2.67 bits per heavy atom. The maximum absolute atomic E-state index is 13.5. The number of quaternary nitrogens is 1. The Bertz CT molecular complexity index is 1080. The van der Waals surface area contributed by atoms with Crippen molar-refractivity contribution in [1.29, 1.82) is 0 Å². The minimum absolute atomic E-state index is 0.140. The van der Waals surface area contributed by atoms with Crippen LogP contribution in [0.5, 0.6) is 5.75 Å². The molecule has 2 amide bonds. The van der Waals surface area contributed by atoms with E-state index in [4.69, 9.17) is 4.74 Å². The molecule has 7 nitrogen and oxygen atoms in total. The number of nitrogens with zero attached hydrogens (tertiary/aromatic N) is 1. The average Bonchev–Trinajstić information content (AvgIpc) is 2.78. The number of hydroxylamine groups is 3. The molecule has 0 spiro atoms. The lowest BCUT2D eigenvalue weighted by Crippen LogP contribution is -2.65. The van der Waals surface area contributed by atoms with E-state index in [0.717, 1.165) is 23.2 Å². The van der Waals surface area contributed by atoms with Gasteiger partial charge in [-0.05, 0) is 68.1 Å². The van der Waals surface area contributed by atoms with Crippen LogP contribution in [0, 0.1) is 25.0 Å². The lowest BCUT2D eigenvalue weighted by molar-refractivity contribution is -0.822. The second-order valence-electron chi connectivity index (χ2n) is 9.72. The SMILES string of the molecule is COc1cc(C)ccc1C(=O)Nc1ccc(C)c(C2CC3CNC(C)CC3[N+](C)([O-])C2=O)c1. The summed E-state index contributed by atoms with van der Waals surface area (Å²) in [6.45, 7) is 6.69. The van der Waals surface area contributed by atoms with Crippen molar-refractivity contribution < 1.29 is 19.0 Å². The Morgan fingerprint density at radius 1 is 1.18 bits per heavy atom. The van der Waals surface area contributed by atoms with Crippen LogP contribution in [0.1, 0.15) is 52.7 Å².